The molecule has 0 heterocycles. The number of esters is 1. The zero-order valence-corrected chi connectivity index (χ0v) is 13.7. The number of rotatable bonds is 11. The third-order valence-electron chi connectivity index (χ3n) is 2.33. The van der Waals surface area contributed by atoms with Gasteiger partial charge in [0, 0.05) is 39.1 Å². The summed E-state index contributed by atoms with van der Waals surface area (Å²) in [5.74, 6) is -0.736. The predicted molar refractivity (Wildman–Crippen MR) is 76.8 cm³/mol. The van der Waals surface area contributed by atoms with Gasteiger partial charge in [-0.25, -0.2) is 4.79 Å². The first kappa shape index (κ1) is 18.8. The predicted octanol–water partition coefficient (Wildman–Crippen LogP) is 2.25. The molecule has 0 fully saturated rings. The molecule has 116 valence electrons. The summed E-state index contributed by atoms with van der Waals surface area (Å²) in [6.07, 6.45) is 0.707. The zero-order valence-electron chi connectivity index (χ0n) is 12.7. The number of methoxy groups -OCH3 is 1. The van der Waals surface area contributed by atoms with Crippen molar-refractivity contribution < 1.29 is 27.5 Å². The first-order valence-corrected chi connectivity index (χ1v) is 8.27. The molecule has 0 aromatic rings. The quantitative estimate of drug-likeness (QED) is 0.192. The molecule has 0 aliphatic heterocycles. The van der Waals surface area contributed by atoms with Crippen molar-refractivity contribution in [3.05, 3.63) is 24.7 Å². The minimum absolute atomic E-state index is 0.141. The average molecular weight is 304 g/mol. The molecular weight excluding hydrogens is 280 g/mol. The van der Waals surface area contributed by atoms with Crippen molar-refractivity contribution >= 4 is 14.8 Å². The molecule has 6 nitrogen and oxygen atoms in total. The Hall–Kier alpha value is -1.15. The van der Waals surface area contributed by atoms with Crippen molar-refractivity contribution in [3.8, 4) is 0 Å². The van der Waals surface area contributed by atoms with Gasteiger partial charge in [-0.2, -0.15) is 0 Å². The van der Waals surface area contributed by atoms with E-state index in [4.69, 9.17) is 22.8 Å². The summed E-state index contributed by atoms with van der Waals surface area (Å²) >= 11 is 0. The van der Waals surface area contributed by atoms with Crippen LogP contribution in [-0.2, 0) is 27.5 Å². The van der Waals surface area contributed by atoms with Gasteiger partial charge >= 0.3 is 14.8 Å². The number of hydrogen-bond donors (Lipinski definition) is 0. The molecule has 0 aliphatic carbocycles. The fourth-order valence-electron chi connectivity index (χ4n) is 1.39. The Kier molecular flexibility index (Phi) is 9.14. The molecule has 0 aliphatic rings. The highest BCUT2D eigenvalue weighted by atomic mass is 28.4. The summed E-state index contributed by atoms with van der Waals surface area (Å²) < 4.78 is 26.5. The van der Waals surface area contributed by atoms with Gasteiger partial charge in [0.05, 0.1) is 0 Å². The van der Waals surface area contributed by atoms with E-state index in [1.807, 2.05) is 6.92 Å². The zero-order chi connectivity index (χ0) is 15.6. The Morgan fingerprint density at radius 3 is 2.35 bits per heavy atom. The Labute approximate surface area is 121 Å². The van der Waals surface area contributed by atoms with E-state index in [1.54, 1.807) is 7.11 Å². The minimum Gasteiger partial charge on any atom is -0.473 e. The molecule has 0 radical (unpaired) electrons. The molecule has 20 heavy (non-hydrogen) atoms. The lowest BCUT2D eigenvalue weighted by Crippen LogP contribution is -2.45. The van der Waals surface area contributed by atoms with Crippen molar-refractivity contribution in [1.82, 2.24) is 0 Å². The van der Waals surface area contributed by atoms with E-state index in [-0.39, 0.29) is 11.5 Å². The molecule has 0 aromatic carbocycles. The highest BCUT2D eigenvalue weighted by Crippen LogP contribution is 2.21. The van der Waals surface area contributed by atoms with Crippen LogP contribution < -0.4 is 0 Å². The fourth-order valence-corrected chi connectivity index (χ4v) is 3.51. The van der Waals surface area contributed by atoms with E-state index in [0.29, 0.717) is 25.7 Å². The third kappa shape index (κ3) is 6.85. The smallest absolute Gasteiger partial charge is 0.473 e. The average Bonchev–Trinajstić information content (AvgIpc) is 2.38. The van der Waals surface area contributed by atoms with Crippen LogP contribution in [0.4, 0.5) is 0 Å². The topological polar surface area (TPSA) is 63.2 Å². The molecule has 0 aromatic heterocycles. The molecule has 1 unspecified atom stereocenters. The lowest BCUT2D eigenvalue weighted by Gasteiger charge is -2.28. The van der Waals surface area contributed by atoms with Crippen LogP contribution in [0, 0.1) is 0 Å². The lowest BCUT2D eigenvalue weighted by atomic mass is 10.4. The molecule has 0 bridgehead atoms. The molecule has 0 N–H and O–H groups in total. The van der Waals surface area contributed by atoms with E-state index in [0.717, 1.165) is 0 Å². The highest BCUT2D eigenvalue weighted by molar-refractivity contribution is 6.60. The lowest BCUT2D eigenvalue weighted by molar-refractivity contribution is -0.139. The minimum atomic E-state index is -2.96. The van der Waals surface area contributed by atoms with Crippen molar-refractivity contribution in [2.24, 2.45) is 0 Å². The first-order chi connectivity index (χ1) is 9.40. The molecule has 1 atom stereocenters. The summed E-state index contributed by atoms with van der Waals surface area (Å²) in [5.41, 5.74) is 0.259. The monoisotopic (exact) mass is 304 g/mol. The van der Waals surface area contributed by atoms with Crippen molar-refractivity contribution in [3.63, 3.8) is 0 Å². The van der Waals surface area contributed by atoms with E-state index in [9.17, 15) is 4.79 Å². The summed E-state index contributed by atoms with van der Waals surface area (Å²) in [4.78, 5) is 11.4. The van der Waals surface area contributed by atoms with E-state index < -0.39 is 14.8 Å². The van der Waals surface area contributed by atoms with Crippen LogP contribution in [0.15, 0.2) is 24.7 Å². The molecule has 0 rings (SSSR count). The van der Waals surface area contributed by atoms with Gasteiger partial charge in [-0.15, -0.1) is 0 Å². The van der Waals surface area contributed by atoms with Crippen LogP contribution >= 0.6 is 0 Å². The van der Waals surface area contributed by atoms with Crippen molar-refractivity contribution in [2.45, 2.75) is 26.3 Å². The van der Waals surface area contributed by atoms with Crippen LogP contribution in [0.5, 0.6) is 0 Å². The Morgan fingerprint density at radius 2 is 1.90 bits per heavy atom. The van der Waals surface area contributed by atoms with Gasteiger partial charge in [0.25, 0.3) is 5.95 Å². The fraction of sp³-hybridized carbons (Fsp3) is 0.615. The van der Waals surface area contributed by atoms with Gasteiger partial charge in [0.2, 0.25) is 0 Å². The van der Waals surface area contributed by atoms with Crippen LogP contribution in [0.2, 0.25) is 6.04 Å². The van der Waals surface area contributed by atoms with Gasteiger partial charge in [-0.3, -0.25) is 0 Å². The standard InChI is InChI=1S/C13H24O6Si/c1-7-17-20(16-6,10-8-9-15-5)19-12(4)18-13(14)11(2)3/h2,4,7-10H2,1,3,5-6H3. The maximum absolute atomic E-state index is 11.4. The van der Waals surface area contributed by atoms with Gasteiger partial charge in [0.15, 0.2) is 0 Å². The largest absolute Gasteiger partial charge is 0.567 e. The summed E-state index contributed by atoms with van der Waals surface area (Å²) in [7, 11) is 0.161. The van der Waals surface area contributed by atoms with E-state index in [2.05, 4.69) is 13.2 Å². The molecule has 0 saturated heterocycles. The van der Waals surface area contributed by atoms with Gasteiger partial charge in [-0.1, -0.05) is 6.58 Å². The maximum atomic E-state index is 11.4. The Balaban J connectivity index is 4.65. The van der Waals surface area contributed by atoms with Gasteiger partial charge < -0.3 is 22.8 Å². The van der Waals surface area contributed by atoms with Crippen LogP contribution in [0.1, 0.15) is 20.3 Å². The normalized spacial score (nSPS) is 13.4. The van der Waals surface area contributed by atoms with Gasteiger partial charge in [0.1, 0.15) is 0 Å². The maximum Gasteiger partial charge on any atom is 0.567 e. The first-order valence-electron chi connectivity index (χ1n) is 6.34. The number of carbonyl (C=O) groups excluding carboxylic acids is 1. The Bertz CT molecular complexity index is 344. The number of ether oxygens (including phenoxy) is 2. The Morgan fingerprint density at radius 1 is 1.25 bits per heavy atom. The third-order valence-corrected chi connectivity index (χ3v) is 5.19. The van der Waals surface area contributed by atoms with Crippen LogP contribution in [-0.4, -0.2) is 42.2 Å². The molecule has 0 saturated carbocycles. The van der Waals surface area contributed by atoms with E-state index >= 15 is 0 Å². The van der Waals surface area contributed by atoms with Crippen molar-refractivity contribution in [2.75, 3.05) is 27.4 Å². The summed E-state index contributed by atoms with van der Waals surface area (Å²) in [6, 6.07) is 0.537. The van der Waals surface area contributed by atoms with Gasteiger partial charge in [-0.05, 0) is 26.8 Å². The number of carbonyl (C=O) groups is 1. The molecular formula is C13H24O6Si. The molecule has 0 spiro atoms. The second-order valence-corrected chi connectivity index (χ2v) is 6.83. The van der Waals surface area contributed by atoms with Crippen LogP contribution in [0.3, 0.4) is 0 Å². The summed E-state index contributed by atoms with van der Waals surface area (Å²) in [6.45, 7) is 11.4. The second kappa shape index (κ2) is 9.70. The SMILES string of the molecule is C=C(OC(=O)C(=C)C)O[Si](CCCOC)(OC)OCC. The summed E-state index contributed by atoms with van der Waals surface area (Å²) in [5, 5.41) is 0. The van der Waals surface area contributed by atoms with Crippen LogP contribution in [0.25, 0.3) is 0 Å². The number of hydrogen-bond acceptors (Lipinski definition) is 6. The highest BCUT2D eigenvalue weighted by Gasteiger charge is 2.42. The molecule has 0 amide bonds. The van der Waals surface area contributed by atoms with E-state index in [1.165, 1.54) is 14.0 Å². The van der Waals surface area contributed by atoms with Crippen molar-refractivity contribution in [1.29, 1.82) is 0 Å². The second-order valence-electron chi connectivity index (χ2n) is 4.06. The molecule has 7 heteroatoms.